The summed E-state index contributed by atoms with van der Waals surface area (Å²) in [6.45, 7) is 6.90. The topological polar surface area (TPSA) is 20.3 Å². The molecule has 1 heterocycles. The van der Waals surface area contributed by atoms with E-state index in [1.807, 2.05) is 6.07 Å². The fourth-order valence-corrected chi connectivity index (χ4v) is 3.32. The van der Waals surface area contributed by atoms with Crippen LogP contribution in [0.15, 0.2) is 22.7 Å². The van der Waals surface area contributed by atoms with Gasteiger partial charge < -0.3 is 4.90 Å². The first kappa shape index (κ1) is 14.6. The Balaban J connectivity index is 2.10. The number of carbonyl (C=O) groups excluding carboxylic acids is 1. The van der Waals surface area contributed by atoms with Gasteiger partial charge in [-0.05, 0) is 65.2 Å². The van der Waals surface area contributed by atoms with Crippen LogP contribution in [0.3, 0.4) is 0 Å². The van der Waals surface area contributed by atoms with E-state index in [4.69, 9.17) is 0 Å². The second-order valence-electron chi connectivity index (χ2n) is 5.75. The Hall–Kier alpha value is -0.830. The molecule has 1 aromatic carbocycles. The van der Waals surface area contributed by atoms with Crippen LogP contribution in [-0.2, 0) is 0 Å². The molecule has 0 spiro atoms. The quantitative estimate of drug-likeness (QED) is 0.762. The highest BCUT2D eigenvalue weighted by molar-refractivity contribution is 9.10. The van der Waals surface area contributed by atoms with Gasteiger partial charge in [0.1, 0.15) is 0 Å². The maximum absolute atomic E-state index is 10.8. The third kappa shape index (κ3) is 3.59. The van der Waals surface area contributed by atoms with Crippen LogP contribution in [-0.4, -0.2) is 19.4 Å². The summed E-state index contributed by atoms with van der Waals surface area (Å²) in [5.41, 5.74) is 1.94. The molecule has 1 atom stereocenters. The minimum Gasteiger partial charge on any atom is -0.371 e. The molecule has 104 valence electrons. The first-order chi connectivity index (χ1) is 9.11. The SMILES string of the molecule is CC(C)C1CCCN(c2ccc(C=O)c(Br)c2)CC1. The molecule has 1 saturated heterocycles. The van der Waals surface area contributed by atoms with Crippen molar-refractivity contribution in [1.29, 1.82) is 0 Å². The van der Waals surface area contributed by atoms with Crippen LogP contribution in [0.1, 0.15) is 43.5 Å². The Morgan fingerprint density at radius 1 is 1.32 bits per heavy atom. The van der Waals surface area contributed by atoms with Gasteiger partial charge in [0.05, 0.1) is 0 Å². The van der Waals surface area contributed by atoms with Crippen molar-refractivity contribution in [2.45, 2.75) is 33.1 Å². The number of hydrogen-bond donors (Lipinski definition) is 0. The maximum Gasteiger partial charge on any atom is 0.151 e. The van der Waals surface area contributed by atoms with E-state index in [2.05, 4.69) is 46.8 Å². The zero-order valence-corrected chi connectivity index (χ0v) is 13.3. The molecule has 0 N–H and O–H groups in total. The van der Waals surface area contributed by atoms with Gasteiger partial charge in [-0.1, -0.05) is 13.8 Å². The molecule has 0 aliphatic carbocycles. The van der Waals surface area contributed by atoms with E-state index in [-0.39, 0.29) is 0 Å². The number of carbonyl (C=O) groups is 1. The Bertz CT molecular complexity index is 444. The molecule has 1 aromatic rings. The van der Waals surface area contributed by atoms with Gasteiger partial charge in [-0.25, -0.2) is 0 Å². The molecular formula is C16H22BrNO. The number of benzene rings is 1. The maximum atomic E-state index is 10.8. The summed E-state index contributed by atoms with van der Waals surface area (Å²) in [4.78, 5) is 13.3. The Morgan fingerprint density at radius 3 is 2.74 bits per heavy atom. The van der Waals surface area contributed by atoms with Crippen molar-refractivity contribution in [2.24, 2.45) is 11.8 Å². The van der Waals surface area contributed by atoms with Crippen molar-refractivity contribution in [3.05, 3.63) is 28.2 Å². The van der Waals surface area contributed by atoms with Gasteiger partial charge in [-0.2, -0.15) is 0 Å². The molecule has 0 saturated carbocycles. The molecule has 1 fully saturated rings. The van der Waals surface area contributed by atoms with Gasteiger partial charge in [-0.15, -0.1) is 0 Å². The summed E-state index contributed by atoms with van der Waals surface area (Å²) in [6, 6.07) is 6.03. The lowest BCUT2D eigenvalue weighted by Gasteiger charge is -2.24. The van der Waals surface area contributed by atoms with Crippen LogP contribution in [0.25, 0.3) is 0 Å². The molecule has 0 amide bonds. The number of anilines is 1. The average molecular weight is 324 g/mol. The molecule has 0 radical (unpaired) electrons. The number of aldehydes is 1. The van der Waals surface area contributed by atoms with E-state index < -0.39 is 0 Å². The Morgan fingerprint density at radius 2 is 2.11 bits per heavy atom. The average Bonchev–Trinajstić information content (AvgIpc) is 2.64. The van der Waals surface area contributed by atoms with Gasteiger partial charge in [0, 0.05) is 28.8 Å². The van der Waals surface area contributed by atoms with Gasteiger partial charge in [0.15, 0.2) is 6.29 Å². The lowest BCUT2D eigenvalue weighted by molar-refractivity contribution is 0.112. The van der Waals surface area contributed by atoms with E-state index in [0.717, 1.165) is 41.2 Å². The predicted octanol–water partition coefficient (Wildman–Crippen LogP) is 4.52. The minimum absolute atomic E-state index is 0.721. The summed E-state index contributed by atoms with van der Waals surface area (Å²) in [6.07, 6.45) is 4.76. The highest BCUT2D eigenvalue weighted by Crippen LogP contribution is 2.29. The normalized spacial score (nSPS) is 20.4. The number of nitrogens with zero attached hydrogens (tertiary/aromatic N) is 1. The summed E-state index contributed by atoms with van der Waals surface area (Å²) < 4.78 is 0.893. The second-order valence-corrected chi connectivity index (χ2v) is 6.60. The van der Waals surface area contributed by atoms with Crippen LogP contribution in [0, 0.1) is 11.8 Å². The zero-order chi connectivity index (χ0) is 13.8. The minimum atomic E-state index is 0.721. The molecule has 1 aliphatic heterocycles. The van der Waals surface area contributed by atoms with Crippen molar-refractivity contribution < 1.29 is 4.79 Å². The molecule has 0 bridgehead atoms. The summed E-state index contributed by atoms with van der Waals surface area (Å²) in [5.74, 6) is 1.63. The monoisotopic (exact) mass is 323 g/mol. The van der Waals surface area contributed by atoms with Crippen molar-refractivity contribution >= 4 is 27.9 Å². The highest BCUT2D eigenvalue weighted by Gasteiger charge is 2.19. The van der Waals surface area contributed by atoms with E-state index in [1.54, 1.807) is 0 Å². The van der Waals surface area contributed by atoms with Crippen LogP contribution in [0.4, 0.5) is 5.69 Å². The van der Waals surface area contributed by atoms with Crippen LogP contribution in [0.2, 0.25) is 0 Å². The smallest absolute Gasteiger partial charge is 0.151 e. The Labute approximate surface area is 124 Å². The fourth-order valence-electron chi connectivity index (χ4n) is 2.86. The number of halogens is 1. The molecule has 1 unspecified atom stereocenters. The van der Waals surface area contributed by atoms with E-state index in [1.165, 1.54) is 24.9 Å². The van der Waals surface area contributed by atoms with Gasteiger partial charge >= 0.3 is 0 Å². The van der Waals surface area contributed by atoms with Crippen LogP contribution in [0.5, 0.6) is 0 Å². The first-order valence-corrected chi connectivity index (χ1v) is 7.90. The lowest BCUT2D eigenvalue weighted by Crippen LogP contribution is -2.24. The zero-order valence-electron chi connectivity index (χ0n) is 11.7. The highest BCUT2D eigenvalue weighted by atomic mass is 79.9. The van der Waals surface area contributed by atoms with Crippen LogP contribution < -0.4 is 4.90 Å². The van der Waals surface area contributed by atoms with E-state index >= 15 is 0 Å². The summed E-state index contributed by atoms with van der Waals surface area (Å²) in [7, 11) is 0. The van der Waals surface area contributed by atoms with Crippen LogP contribution >= 0.6 is 15.9 Å². The molecule has 1 aliphatic rings. The standard InChI is InChI=1S/C16H22BrNO/c1-12(2)13-4-3-8-18(9-7-13)15-6-5-14(11-19)16(17)10-15/h5-6,10-13H,3-4,7-9H2,1-2H3. The van der Waals surface area contributed by atoms with E-state index in [0.29, 0.717) is 0 Å². The number of hydrogen-bond acceptors (Lipinski definition) is 2. The second kappa shape index (κ2) is 6.56. The molecule has 2 rings (SSSR count). The van der Waals surface area contributed by atoms with Gasteiger partial charge in [0.2, 0.25) is 0 Å². The third-order valence-electron chi connectivity index (χ3n) is 4.19. The molecule has 0 aromatic heterocycles. The van der Waals surface area contributed by atoms with Gasteiger partial charge in [0.25, 0.3) is 0 Å². The van der Waals surface area contributed by atoms with Crippen molar-refractivity contribution in [3.63, 3.8) is 0 Å². The fraction of sp³-hybridized carbons (Fsp3) is 0.562. The van der Waals surface area contributed by atoms with Gasteiger partial charge in [-0.3, -0.25) is 4.79 Å². The number of rotatable bonds is 3. The molecule has 2 nitrogen and oxygen atoms in total. The summed E-state index contributed by atoms with van der Waals surface area (Å²) in [5, 5.41) is 0. The lowest BCUT2D eigenvalue weighted by atomic mass is 9.89. The summed E-state index contributed by atoms with van der Waals surface area (Å²) >= 11 is 3.47. The van der Waals surface area contributed by atoms with Crippen molar-refractivity contribution in [2.75, 3.05) is 18.0 Å². The Kier molecular flexibility index (Phi) is 5.03. The predicted molar refractivity (Wildman–Crippen MR) is 83.9 cm³/mol. The van der Waals surface area contributed by atoms with Crippen molar-refractivity contribution in [3.8, 4) is 0 Å². The molecular weight excluding hydrogens is 302 g/mol. The molecule has 19 heavy (non-hydrogen) atoms. The van der Waals surface area contributed by atoms with E-state index in [9.17, 15) is 4.79 Å². The third-order valence-corrected chi connectivity index (χ3v) is 4.88. The molecule has 3 heteroatoms. The van der Waals surface area contributed by atoms with Crippen molar-refractivity contribution in [1.82, 2.24) is 0 Å². The largest absolute Gasteiger partial charge is 0.371 e. The first-order valence-electron chi connectivity index (χ1n) is 7.11.